The summed E-state index contributed by atoms with van der Waals surface area (Å²) in [7, 11) is -7.32. The predicted molar refractivity (Wildman–Crippen MR) is 84.5 cm³/mol. The molecule has 0 fully saturated rings. The van der Waals surface area contributed by atoms with Gasteiger partial charge in [-0.25, -0.2) is 16.8 Å². The van der Waals surface area contributed by atoms with Crippen LogP contribution in [0.15, 0.2) is 23.1 Å². The number of rotatable bonds is 7. The molecule has 6 nitrogen and oxygen atoms in total. The van der Waals surface area contributed by atoms with Crippen molar-refractivity contribution < 1.29 is 16.8 Å². The van der Waals surface area contributed by atoms with Crippen molar-refractivity contribution in [2.75, 3.05) is 23.0 Å². The summed E-state index contributed by atoms with van der Waals surface area (Å²) >= 11 is 5.34. The maximum absolute atomic E-state index is 12.4. The minimum Gasteiger partial charge on any atom is -0.282 e. The quantitative estimate of drug-likeness (QED) is 0.759. The highest BCUT2D eigenvalue weighted by Gasteiger charge is 2.22. The average molecular weight is 355 g/mol. The molecule has 21 heavy (non-hydrogen) atoms. The van der Waals surface area contributed by atoms with Crippen LogP contribution in [0.2, 0.25) is 0 Å². The number of benzene rings is 1. The van der Waals surface area contributed by atoms with Gasteiger partial charge in [-0.2, -0.15) is 4.31 Å². The molecule has 0 aliphatic heterocycles. The number of aryl methyl sites for hydroxylation is 1. The molecule has 0 aromatic heterocycles. The van der Waals surface area contributed by atoms with E-state index in [0.29, 0.717) is 18.7 Å². The van der Waals surface area contributed by atoms with Crippen molar-refractivity contribution in [2.24, 2.45) is 0 Å². The second-order valence-electron chi connectivity index (χ2n) is 4.39. The number of sulfonamides is 2. The van der Waals surface area contributed by atoms with E-state index in [1.54, 1.807) is 26.8 Å². The van der Waals surface area contributed by atoms with Crippen molar-refractivity contribution >= 4 is 37.3 Å². The highest BCUT2D eigenvalue weighted by molar-refractivity contribution is 7.93. The van der Waals surface area contributed by atoms with Crippen molar-refractivity contribution in [1.29, 1.82) is 0 Å². The molecule has 120 valence electrons. The highest BCUT2D eigenvalue weighted by Crippen LogP contribution is 2.24. The Hall–Kier alpha value is -0.830. The summed E-state index contributed by atoms with van der Waals surface area (Å²) in [5.41, 5.74) is 0.825. The zero-order chi connectivity index (χ0) is 16.3. The monoisotopic (exact) mass is 354 g/mol. The van der Waals surface area contributed by atoms with Gasteiger partial charge >= 0.3 is 0 Å². The van der Waals surface area contributed by atoms with Gasteiger partial charge in [0.25, 0.3) is 0 Å². The maximum atomic E-state index is 12.4. The Labute approximate surface area is 131 Å². The molecule has 0 bridgehead atoms. The van der Waals surface area contributed by atoms with Crippen LogP contribution in [0.5, 0.6) is 0 Å². The van der Waals surface area contributed by atoms with Gasteiger partial charge in [-0.3, -0.25) is 4.72 Å². The first kappa shape index (κ1) is 18.2. The molecule has 0 radical (unpaired) electrons. The fraction of sp³-hybridized carbons (Fsp3) is 0.500. The normalized spacial score (nSPS) is 12.6. The Bertz CT molecular complexity index is 698. The third kappa shape index (κ3) is 4.32. The van der Waals surface area contributed by atoms with Crippen LogP contribution in [0.4, 0.5) is 5.69 Å². The molecule has 1 rings (SSSR count). The number of nitrogens with one attached hydrogen (secondary N) is 1. The number of alkyl halides is 1. The molecular formula is C12H19ClN2O4S2. The van der Waals surface area contributed by atoms with Gasteiger partial charge in [0, 0.05) is 13.1 Å². The molecule has 0 atom stereocenters. The lowest BCUT2D eigenvalue weighted by Gasteiger charge is -2.19. The van der Waals surface area contributed by atoms with E-state index in [0.717, 1.165) is 0 Å². The van der Waals surface area contributed by atoms with Crippen LogP contribution in [0.1, 0.15) is 19.4 Å². The van der Waals surface area contributed by atoms with E-state index in [2.05, 4.69) is 4.72 Å². The first-order chi connectivity index (χ1) is 9.67. The molecule has 9 heteroatoms. The minimum absolute atomic E-state index is 0.0454. The van der Waals surface area contributed by atoms with E-state index < -0.39 is 25.3 Å². The number of halogens is 1. The summed E-state index contributed by atoms with van der Waals surface area (Å²) in [5.74, 6) is 0. The average Bonchev–Trinajstić information content (AvgIpc) is 2.42. The third-order valence-electron chi connectivity index (χ3n) is 2.96. The standard InChI is InChI=1S/C12H19ClN2O4S2/c1-4-15(5-2)21(18,19)11-7-6-10(3)12(8-11)14-20(16,17)9-13/h6-8,14H,4-5,9H2,1-3H3. The highest BCUT2D eigenvalue weighted by atomic mass is 35.5. The summed E-state index contributed by atoms with van der Waals surface area (Å²) in [6.07, 6.45) is 0. The topological polar surface area (TPSA) is 83.6 Å². The summed E-state index contributed by atoms with van der Waals surface area (Å²) in [4.78, 5) is 0.0454. The Morgan fingerprint density at radius 3 is 2.19 bits per heavy atom. The lowest BCUT2D eigenvalue weighted by molar-refractivity contribution is 0.445. The molecule has 1 aromatic rings. The van der Waals surface area contributed by atoms with E-state index in [-0.39, 0.29) is 10.6 Å². The molecular weight excluding hydrogens is 336 g/mol. The molecule has 0 aliphatic rings. The van der Waals surface area contributed by atoms with Crippen molar-refractivity contribution in [2.45, 2.75) is 25.7 Å². The van der Waals surface area contributed by atoms with Crippen LogP contribution in [0.25, 0.3) is 0 Å². The van der Waals surface area contributed by atoms with E-state index in [9.17, 15) is 16.8 Å². The largest absolute Gasteiger partial charge is 0.282 e. The molecule has 0 aliphatic carbocycles. The second-order valence-corrected chi connectivity index (χ2v) is 8.64. The number of hydrogen-bond acceptors (Lipinski definition) is 4. The van der Waals surface area contributed by atoms with Gasteiger partial charge in [-0.05, 0) is 24.6 Å². The van der Waals surface area contributed by atoms with Gasteiger partial charge in [0.15, 0.2) is 0 Å². The SMILES string of the molecule is CCN(CC)S(=O)(=O)c1ccc(C)c(NS(=O)(=O)CCl)c1. The zero-order valence-electron chi connectivity index (χ0n) is 12.1. The number of nitrogens with zero attached hydrogens (tertiary/aromatic N) is 1. The van der Waals surface area contributed by atoms with Gasteiger partial charge < -0.3 is 0 Å². The van der Waals surface area contributed by atoms with Crippen LogP contribution in [0, 0.1) is 6.92 Å². The summed E-state index contributed by atoms with van der Waals surface area (Å²) in [6.45, 7) is 5.85. The summed E-state index contributed by atoms with van der Waals surface area (Å²) in [5, 5.41) is -0.598. The van der Waals surface area contributed by atoms with Gasteiger partial charge in [-0.1, -0.05) is 19.9 Å². The molecule has 0 unspecified atom stereocenters. The molecule has 0 saturated carbocycles. The smallest absolute Gasteiger partial charge is 0.246 e. The van der Waals surface area contributed by atoms with Crippen LogP contribution in [0.3, 0.4) is 0 Å². The van der Waals surface area contributed by atoms with E-state index in [4.69, 9.17) is 11.6 Å². The van der Waals surface area contributed by atoms with Gasteiger partial charge in [0.2, 0.25) is 20.0 Å². The van der Waals surface area contributed by atoms with Crippen LogP contribution < -0.4 is 4.72 Å². The van der Waals surface area contributed by atoms with Gasteiger partial charge in [0.1, 0.15) is 5.21 Å². The Morgan fingerprint density at radius 1 is 1.14 bits per heavy atom. The second kappa shape index (κ2) is 6.95. The van der Waals surface area contributed by atoms with Crippen molar-refractivity contribution in [1.82, 2.24) is 4.31 Å². The van der Waals surface area contributed by atoms with Gasteiger partial charge in [-0.15, -0.1) is 11.6 Å². The molecule has 1 N–H and O–H groups in total. The zero-order valence-corrected chi connectivity index (χ0v) is 14.5. The lowest BCUT2D eigenvalue weighted by atomic mass is 10.2. The van der Waals surface area contributed by atoms with E-state index in [1.807, 2.05) is 0 Å². The van der Waals surface area contributed by atoms with E-state index >= 15 is 0 Å². The summed E-state index contributed by atoms with van der Waals surface area (Å²) < 4.78 is 51.5. The Morgan fingerprint density at radius 2 is 1.71 bits per heavy atom. The molecule has 0 amide bonds. The van der Waals surface area contributed by atoms with Crippen LogP contribution in [-0.2, 0) is 20.0 Å². The lowest BCUT2D eigenvalue weighted by Crippen LogP contribution is -2.30. The first-order valence-electron chi connectivity index (χ1n) is 6.35. The van der Waals surface area contributed by atoms with Crippen LogP contribution in [-0.4, -0.2) is 39.4 Å². The van der Waals surface area contributed by atoms with E-state index in [1.165, 1.54) is 16.4 Å². The number of anilines is 1. The fourth-order valence-corrected chi connectivity index (χ4v) is 4.04. The Balaban J connectivity index is 3.30. The van der Waals surface area contributed by atoms with Crippen molar-refractivity contribution in [3.8, 4) is 0 Å². The molecule has 1 aromatic carbocycles. The molecule has 0 heterocycles. The molecule has 0 spiro atoms. The molecule has 0 saturated heterocycles. The number of hydrogen-bond donors (Lipinski definition) is 1. The fourth-order valence-electron chi connectivity index (χ4n) is 1.78. The third-order valence-corrected chi connectivity index (χ3v) is 6.69. The maximum Gasteiger partial charge on any atom is 0.246 e. The minimum atomic E-state index is -3.68. The Kier molecular flexibility index (Phi) is 6.03. The van der Waals surface area contributed by atoms with Gasteiger partial charge in [0.05, 0.1) is 10.6 Å². The van der Waals surface area contributed by atoms with Crippen molar-refractivity contribution in [3.63, 3.8) is 0 Å². The predicted octanol–water partition coefficient (Wildman–Crippen LogP) is 1.96. The summed E-state index contributed by atoms with van der Waals surface area (Å²) in [6, 6.07) is 4.33. The van der Waals surface area contributed by atoms with Crippen LogP contribution >= 0.6 is 11.6 Å². The first-order valence-corrected chi connectivity index (χ1v) is 9.97. The van der Waals surface area contributed by atoms with Crippen molar-refractivity contribution in [3.05, 3.63) is 23.8 Å².